The van der Waals surface area contributed by atoms with Crippen molar-refractivity contribution in [1.82, 2.24) is 15.0 Å². The summed E-state index contributed by atoms with van der Waals surface area (Å²) in [5, 5.41) is 8.92. The van der Waals surface area contributed by atoms with Gasteiger partial charge in [-0.05, 0) is 36.2 Å². The summed E-state index contributed by atoms with van der Waals surface area (Å²) in [6, 6.07) is 13.1. The number of rotatable bonds is 4. The van der Waals surface area contributed by atoms with Gasteiger partial charge in [-0.3, -0.25) is 15.0 Å². The fourth-order valence-corrected chi connectivity index (χ4v) is 3.43. The SMILES string of the molecule is Cc1ccc2c(n1)c1c(F)cc(F)cc1n2Cc1ccc(CC(=O)NO)cc1. The summed E-state index contributed by atoms with van der Waals surface area (Å²) in [5.41, 5.74) is 5.65. The molecule has 1 amide bonds. The van der Waals surface area contributed by atoms with Gasteiger partial charge >= 0.3 is 0 Å². The van der Waals surface area contributed by atoms with Crippen LogP contribution in [-0.2, 0) is 17.8 Å². The van der Waals surface area contributed by atoms with Crippen LogP contribution in [0.2, 0.25) is 0 Å². The Labute approximate surface area is 159 Å². The van der Waals surface area contributed by atoms with Crippen molar-refractivity contribution >= 4 is 27.8 Å². The second kappa shape index (κ2) is 7.01. The summed E-state index contributed by atoms with van der Waals surface area (Å²) in [4.78, 5) is 15.7. The Hall–Kier alpha value is -3.32. The molecule has 4 rings (SSSR count). The van der Waals surface area contributed by atoms with E-state index < -0.39 is 17.5 Å². The van der Waals surface area contributed by atoms with Crippen LogP contribution in [0.1, 0.15) is 16.8 Å². The zero-order valence-corrected chi connectivity index (χ0v) is 15.0. The molecular formula is C21H17F2N3O2. The third kappa shape index (κ3) is 3.20. The normalized spacial score (nSPS) is 11.3. The molecule has 0 bridgehead atoms. The summed E-state index contributed by atoms with van der Waals surface area (Å²) >= 11 is 0. The lowest BCUT2D eigenvalue weighted by Crippen LogP contribution is -2.20. The molecule has 142 valence electrons. The highest BCUT2D eigenvalue weighted by molar-refractivity contribution is 6.06. The van der Waals surface area contributed by atoms with Crippen LogP contribution in [0, 0.1) is 18.6 Å². The maximum Gasteiger partial charge on any atom is 0.247 e. The number of amides is 1. The molecule has 0 spiro atoms. The standard InChI is InChI=1S/C21H17F2N3O2/c1-12-2-7-17-21(24-12)20-16(23)9-15(22)10-18(20)26(17)11-14-5-3-13(4-6-14)8-19(27)25-28/h2-7,9-10,28H,8,11H2,1H3,(H,25,27). The molecule has 2 heterocycles. The molecular weight excluding hydrogens is 364 g/mol. The quantitative estimate of drug-likeness (QED) is 0.417. The van der Waals surface area contributed by atoms with Gasteiger partial charge in [0.05, 0.1) is 28.4 Å². The minimum absolute atomic E-state index is 0.0613. The van der Waals surface area contributed by atoms with E-state index in [1.165, 1.54) is 6.07 Å². The minimum atomic E-state index is -0.642. The van der Waals surface area contributed by atoms with E-state index in [0.29, 0.717) is 28.5 Å². The first-order valence-electron chi connectivity index (χ1n) is 8.71. The van der Waals surface area contributed by atoms with E-state index in [4.69, 9.17) is 5.21 Å². The van der Waals surface area contributed by atoms with Crippen molar-refractivity contribution in [3.05, 3.63) is 77.0 Å². The van der Waals surface area contributed by atoms with Crippen LogP contribution in [0.5, 0.6) is 0 Å². The molecule has 7 heteroatoms. The number of pyridine rings is 1. The molecule has 0 saturated heterocycles. The number of hydrogen-bond donors (Lipinski definition) is 2. The van der Waals surface area contributed by atoms with E-state index in [1.807, 2.05) is 35.8 Å². The van der Waals surface area contributed by atoms with Crippen molar-refractivity contribution in [3.8, 4) is 0 Å². The van der Waals surface area contributed by atoms with E-state index in [0.717, 1.165) is 22.9 Å². The maximum absolute atomic E-state index is 14.5. The van der Waals surface area contributed by atoms with Crippen molar-refractivity contribution in [2.75, 3.05) is 0 Å². The van der Waals surface area contributed by atoms with Gasteiger partial charge in [0.2, 0.25) is 5.91 Å². The molecule has 0 aliphatic heterocycles. The third-order valence-electron chi connectivity index (χ3n) is 4.72. The van der Waals surface area contributed by atoms with Gasteiger partial charge in [-0.2, -0.15) is 0 Å². The Morgan fingerprint density at radius 1 is 1.07 bits per heavy atom. The lowest BCUT2D eigenvalue weighted by atomic mass is 10.1. The van der Waals surface area contributed by atoms with Crippen LogP contribution >= 0.6 is 0 Å². The first-order chi connectivity index (χ1) is 13.5. The minimum Gasteiger partial charge on any atom is -0.334 e. The Morgan fingerprint density at radius 2 is 1.79 bits per heavy atom. The number of aromatic nitrogens is 2. The zero-order valence-electron chi connectivity index (χ0n) is 15.0. The van der Waals surface area contributed by atoms with Gasteiger partial charge in [0, 0.05) is 18.3 Å². The smallest absolute Gasteiger partial charge is 0.247 e. The van der Waals surface area contributed by atoms with Crippen LogP contribution < -0.4 is 5.48 Å². The lowest BCUT2D eigenvalue weighted by molar-refractivity contribution is -0.128. The number of nitrogens with zero attached hydrogens (tertiary/aromatic N) is 2. The van der Waals surface area contributed by atoms with Crippen molar-refractivity contribution in [2.45, 2.75) is 19.9 Å². The summed E-state index contributed by atoms with van der Waals surface area (Å²) in [5.74, 6) is -1.78. The predicted molar refractivity (Wildman–Crippen MR) is 101 cm³/mol. The topological polar surface area (TPSA) is 67.2 Å². The predicted octanol–water partition coefficient (Wildman–Crippen LogP) is 3.87. The fourth-order valence-electron chi connectivity index (χ4n) is 3.43. The van der Waals surface area contributed by atoms with Crippen LogP contribution in [0.3, 0.4) is 0 Å². The second-order valence-corrected chi connectivity index (χ2v) is 6.72. The molecule has 5 nitrogen and oxygen atoms in total. The number of benzene rings is 2. The zero-order chi connectivity index (χ0) is 19.8. The van der Waals surface area contributed by atoms with Crippen LogP contribution in [0.25, 0.3) is 21.9 Å². The Kier molecular flexibility index (Phi) is 4.52. The molecule has 0 unspecified atom stereocenters. The number of nitrogens with one attached hydrogen (secondary N) is 1. The number of carbonyl (C=O) groups is 1. The van der Waals surface area contributed by atoms with Gasteiger partial charge in [-0.15, -0.1) is 0 Å². The average Bonchev–Trinajstić information content (AvgIpc) is 2.96. The van der Waals surface area contributed by atoms with Gasteiger partial charge in [-0.25, -0.2) is 14.3 Å². The third-order valence-corrected chi connectivity index (χ3v) is 4.72. The molecule has 0 aliphatic rings. The van der Waals surface area contributed by atoms with E-state index in [2.05, 4.69) is 4.98 Å². The molecule has 0 atom stereocenters. The lowest BCUT2D eigenvalue weighted by Gasteiger charge is -2.09. The van der Waals surface area contributed by atoms with Crippen LogP contribution in [0.4, 0.5) is 8.78 Å². The van der Waals surface area contributed by atoms with Gasteiger partial charge < -0.3 is 4.57 Å². The number of carbonyl (C=O) groups excluding carboxylic acids is 1. The number of aryl methyl sites for hydroxylation is 1. The Balaban J connectivity index is 1.80. The molecule has 0 radical (unpaired) electrons. The van der Waals surface area contributed by atoms with E-state index in [-0.39, 0.29) is 6.42 Å². The first kappa shape index (κ1) is 18.1. The molecule has 2 aromatic carbocycles. The summed E-state index contributed by atoms with van der Waals surface area (Å²) in [7, 11) is 0. The number of fused-ring (bicyclic) bond motifs is 3. The number of hydroxylamine groups is 1. The summed E-state index contributed by atoms with van der Waals surface area (Å²) in [6.07, 6.45) is 0.0613. The highest BCUT2D eigenvalue weighted by Gasteiger charge is 2.17. The number of hydrogen-bond acceptors (Lipinski definition) is 3. The largest absolute Gasteiger partial charge is 0.334 e. The summed E-state index contributed by atoms with van der Waals surface area (Å²) < 4.78 is 30.2. The van der Waals surface area contributed by atoms with Crippen molar-refractivity contribution in [1.29, 1.82) is 0 Å². The molecule has 0 aliphatic carbocycles. The Morgan fingerprint density at radius 3 is 2.50 bits per heavy atom. The molecule has 0 saturated carbocycles. The van der Waals surface area contributed by atoms with Crippen molar-refractivity contribution < 1.29 is 18.8 Å². The molecule has 0 fully saturated rings. The van der Waals surface area contributed by atoms with Crippen molar-refractivity contribution in [2.24, 2.45) is 0 Å². The summed E-state index contributed by atoms with van der Waals surface area (Å²) in [6.45, 7) is 2.21. The fraction of sp³-hybridized carbons (Fsp3) is 0.143. The highest BCUT2D eigenvalue weighted by atomic mass is 19.1. The molecule has 4 aromatic rings. The van der Waals surface area contributed by atoms with Crippen LogP contribution in [0.15, 0.2) is 48.5 Å². The molecule has 28 heavy (non-hydrogen) atoms. The van der Waals surface area contributed by atoms with Gasteiger partial charge in [0.25, 0.3) is 0 Å². The van der Waals surface area contributed by atoms with Gasteiger partial charge in [-0.1, -0.05) is 24.3 Å². The maximum atomic E-state index is 14.5. The van der Waals surface area contributed by atoms with Gasteiger partial charge in [0.15, 0.2) is 0 Å². The van der Waals surface area contributed by atoms with E-state index >= 15 is 0 Å². The van der Waals surface area contributed by atoms with Crippen LogP contribution in [-0.4, -0.2) is 20.7 Å². The molecule has 2 N–H and O–H groups in total. The number of halogens is 2. The Bertz CT molecular complexity index is 1200. The average molecular weight is 381 g/mol. The van der Waals surface area contributed by atoms with Crippen molar-refractivity contribution in [3.63, 3.8) is 0 Å². The molecule has 2 aromatic heterocycles. The monoisotopic (exact) mass is 381 g/mol. The van der Waals surface area contributed by atoms with E-state index in [9.17, 15) is 13.6 Å². The van der Waals surface area contributed by atoms with Gasteiger partial charge in [0.1, 0.15) is 11.6 Å². The first-order valence-corrected chi connectivity index (χ1v) is 8.71. The highest BCUT2D eigenvalue weighted by Crippen LogP contribution is 2.31. The van der Waals surface area contributed by atoms with E-state index in [1.54, 1.807) is 17.6 Å². The second-order valence-electron chi connectivity index (χ2n) is 6.72.